The van der Waals surface area contributed by atoms with Crippen LogP contribution in [0.1, 0.15) is 105 Å². The third-order valence-corrected chi connectivity index (χ3v) is 10.8. The highest BCUT2D eigenvalue weighted by Gasteiger charge is 2.58. The Morgan fingerprint density at radius 3 is 2.73 bits per heavy atom. The summed E-state index contributed by atoms with van der Waals surface area (Å²) >= 11 is 0. The molecule has 1 saturated heterocycles. The van der Waals surface area contributed by atoms with Gasteiger partial charge in [0, 0.05) is 13.0 Å². The first-order chi connectivity index (χ1) is 15.8. The Labute approximate surface area is 201 Å². The van der Waals surface area contributed by atoms with Gasteiger partial charge in [0.2, 0.25) is 0 Å². The third-order valence-electron chi connectivity index (χ3n) is 10.8. The molecule has 0 amide bonds. The first kappa shape index (κ1) is 23.8. The van der Waals surface area contributed by atoms with Gasteiger partial charge in [0.05, 0.1) is 6.10 Å². The number of carbonyl (C=O) groups is 1. The molecule has 4 aliphatic carbocycles. The van der Waals surface area contributed by atoms with Gasteiger partial charge in [-0.1, -0.05) is 38.0 Å². The second-order valence-electron chi connectivity index (χ2n) is 12.4. The van der Waals surface area contributed by atoms with E-state index >= 15 is 0 Å². The van der Waals surface area contributed by atoms with Crippen molar-refractivity contribution in [1.29, 1.82) is 0 Å². The Kier molecular flexibility index (Phi) is 6.68. The number of ketones is 1. The molecule has 8 atom stereocenters. The maximum atomic E-state index is 12.1. The number of hydrogen-bond donors (Lipinski definition) is 0. The molecule has 5 rings (SSSR count). The number of rotatable bonds is 5. The minimum Gasteiger partial charge on any atom is -0.353 e. The first-order valence-corrected chi connectivity index (χ1v) is 14.0. The second-order valence-corrected chi connectivity index (χ2v) is 12.4. The van der Waals surface area contributed by atoms with Gasteiger partial charge >= 0.3 is 0 Å². The van der Waals surface area contributed by atoms with E-state index < -0.39 is 0 Å². The van der Waals surface area contributed by atoms with Gasteiger partial charge in [0.25, 0.3) is 0 Å². The standard InChI is InChI=1S/C30H46O3/c1-5-22(31)18-20(2)25-11-12-26-24-10-9-21-19-23(33-28-8-6-7-17-32-28)13-15-29(21,3)27(24)14-16-30(25,26)4/h9,18,23-28H,5-8,10-17,19H2,1-4H3/b20-18+/t23-,24-,25+,26-,27-,28?,29-,30+/m0/s1. The van der Waals surface area contributed by atoms with Crippen molar-refractivity contribution < 1.29 is 14.3 Å². The Hall–Kier alpha value is -0.930. The predicted octanol–water partition coefficient (Wildman–Crippen LogP) is 7.40. The summed E-state index contributed by atoms with van der Waals surface area (Å²) in [5, 5.41) is 0. The summed E-state index contributed by atoms with van der Waals surface area (Å²) in [6.45, 7) is 10.2. The summed E-state index contributed by atoms with van der Waals surface area (Å²) in [6.07, 6.45) is 19.2. The Morgan fingerprint density at radius 1 is 1.12 bits per heavy atom. The van der Waals surface area contributed by atoms with Crippen LogP contribution in [0, 0.1) is 34.5 Å². The van der Waals surface area contributed by atoms with Crippen LogP contribution in [-0.4, -0.2) is 24.8 Å². The number of hydrogen-bond acceptors (Lipinski definition) is 3. The van der Waals surface area contributed by atoms with Crippen molar-refractivity contribution in [2.24, 2.45) is 34.5 Å². The van der Waals surface area contributed by atoms with Crippen molar-refractivity contribution in [3.05, 3.63) is 23.3 Å². The average Bonchev–Trinajstić information content (AvgIpc) is 3.17. The molecule has 0 radical (unpaired) electrons. The molecule has 1 unspecified atom stereocenters. The maximum absolute atomic E-state index is 12.1. The normalized spacial score (nSPS) is 45.6. The van der Waals surface area contributed by atoms with Gasteiger partial charge in [0.1, 0.15) is 0 Å². The van der Waals surface area contributed by atoms with Crippen molar-refractivity contribution in [2.75, 3.05) is 6.61 Å². The Bertz CT molecular complexity index is 805. The minimum absolute atomic E-state index is 0.0340. The summed E-state index contributed by atoms with van der Waals surface area (Å²) in [4.78, 5) is 12.1. The molecule has 0 spiro atoms. The summed E-state index contributed by atoms with van der Waals surface area (Å²) < 4.78 is 12.3. The van der Waals surface area contributed by atoms with E-state index in [1.807, 2.05) is 13.0 Å². The summed E-state index contributed by atoms with van der Waals surface area (Å²) in [7, 11) is 0. The highest BCUT2D eigenvalue weighted by atomic mass is 16.7. The molecule has 3 saturated carbocycles. The predicted molar refractivity (Wildman–Crippen MR) is 133 cm³/mol. The number of allylic oxidation sites excluding steroid dienone is 3. The summed E-state index contributed by atoms with van der Waals surface area (Å²) in [6, 6.07) is 0. The van der Waals surface area contributed by atoms with Gasteiger partial charge in [0.15, 0.2) is 12.1 Å². The van der Waals surface area contributed by atoms with E-state index in [4.69, 9.17) is 9.47 Å². The molecule has 184 valence electrons. The lowest BCUT2D eigenvalue weighted by Gasteiger charge is -2.58. The largest absolute Gasteiger partial charge is 0.353 e. The average molecular weight is 455 g/mol. The topological polar surface area (TPSA) is 35.5 Å². The lowest BCUT2D eigenvalue weighted by molar-refractivity contribution is -0.195. The number of ether oxygens (including phenoxy) is 2. The van der Waals surface area contributed by atoms with Crippen LogP contribution in [0.25, 0.3) is 0 Å². The van der Waals surface area contributed by atoms with Crippen LogP contribution < -0.4 is 0 Å². The molecule has 4 fully saturated rings. The zero-order valence-corrected chi connectivity index (χ0v) is 21.5. The van der Waals surface area contributed by atoms with E-state index in [0.29, 0.717) is 35.1 Å². The molecule has 0 N–H and O–H groups in total. The molecule has 0 aromatic carbocycles. The zero-order valence-electron chi connectivity index (χ0n) is 21.5. The number of fused-ring (bicyclic) bond motifs is 5. The molecule has 1 heterocycles. The molecule has 3 heteroatoms. The van der Waals surface area contributed by atoms with Crippen molar-refractivity contribution in [1.82, 2.24) is 0 Å². The van der Waals surface area contributed by atoms with Gasteiger partial charge in [-0.2, -0.15) is 0 Å². The second kappa shape index (κ2) is 9.26. The van der Waals surface area contributed by atoms with Crippen LogP contribution in [0.5, 0.6) is 0 Å². The van der Waals surface area contributed by atoms with Crippen LogP contribution in [0.3, 0.4) is 0 Å². The lowest BCUT2D eigenvalue weighted by Crippen LogP contribution is -2.50. The van der Waals surface area contributed by atoms with Gasteiger partial charge in [-0.25, -0.2) is 0 Å². The number of carbonyl (C=O) groups excluding carboxylic acids is 1. The van der Waals surface area contributed by atoms with E-state index in [1.165, 1.54) is 63.4 Å². The summed E-state index contributed by atoms with van der Waals surface area (Å²) in [5.74, 6) is 3.33. The van der Waals surface area contributed by atoms with Gasteiger partial charge in [-0.05, 0) is 118 Å². The smallest absolute Gasteiger partial charge is 0.157 e. The fraction of sp³-hybridized carbons (Fsp3) is 0.833. The van der Waals surface area contributed by atoms with E-state index in [-0.39, 0.29) is 6.29 Å². The van der Waals surface area contributed by atoms with Gasteiger partial charge in [-0.3, -0.25) is 4.79 Å². The van der Waals surface area contributed by atoms with Gasteiger partial charge in [-0.15, -0.1) is 0 Å². The quantitative estimate of drug-likeness (QED) is 0.321. The van der Waals surface area contributed by atoms with E-state index in [0.717, 1.165) is 37.2 Å². The minimum atomic E-state index is 0.0340. The van der Waals surface area contributed by atoms with Crippen LogP contribution in [0.15, 0.2) is 23.3 Å². The monoisotopic (exact) mass is 454 g/mol. The highest BCUT2D eigenvalue weighted by molar-refractivity contribution is 5.90. The summed E-state index contributed by atoms with van der Waals surface area (Å²) in [5.41, 5.74) is 3.78. The van der Waals surface area contributed by atoms with Gasteiger partial charge < -0.3 is 9.47 Å². The first-order valence-electron chi connectivity index (χ1n) is 14.0. The molecular formula is C30H46O3. The molecule has 33 heavy (non-hydrogen) atoms. The van der Waals surface area contributed by atoms with E-state index in [2.05, 4.69) is 26.8 Å². The molecular weight excluding hydrogens is 408 g/mol. The third kappa shape index (κ3) is 4.20. The fourth-order valence-corrected chi connectivity index (χ4v) is 8.98. The molecule has 0 aromatic heterocycles. The molecule has 1 aliphatic heterocycles. The van der Waals surface area contributed by atoms with Crippen molar-refractivity contribution in [2.45, 2.75) is 117 Å². The lowest BCUT2D eigenvalue weighted by atomic mass is 9.47. The molecule has 0 bridgehead atoms. The fourth-order valence-electron chi connectivity index (χ4n) is 8.98. The molecule has 5 aliphatic rings. The van der Waals surface area contributed by atoms with E-state index in [9.17, 15) is 4.79 Å². The Balaban J connectivity index is 1.31. The molecule has 0 aromatic rings. The van der Waals surface area contributed by atoms with Crippen LogP contribution in [0.2, 0.25) is 0 Å². The van der Waals surface area contributed by atoms with Crippen molar-refractivity contribution >= 4 is 5.78 Å². The van der Waals surface area contributed by atoms with Crippen molar-refractivity contribution in [3.63, 3.8) is 0 Å². The molecule has 3 nitrogen and oxygen atoms in total. The zero-order chi connectivity index (χ0) is 23.2. The SMILES string of the molecule is CCC(=O)/C=C(\C)[C@H]1CC[C@H]2[C@@H]3CC=C4C[C@@H](OC5CCCCO5)CC[C@]4(C)[C@H]3CC[C@]12C. The Morgan fingerprint density at radius 2 is 1.97 bits per heavy atom. The van der Waals surface area contributed by atoms with Crippen LogP contribution in [0.4, 0.5) is 0 Å². The van der Waals surface area contributed by atoms with Crippen molar-refractivity contribution in [3.8, 4) is 0 Å². The van der Waals surface area contributed by atoms with Crippen LogP contribution >= 0.6 is 0 Å². The van der Waals surface area contributed by atoms with E-state index in [1.54, 1.807) is 5.57 Å². The maximum Gasteiger partial charge on any atom is 0.157 e. The highest BCUT2D eigenvalue weighted by Crippen LogP contribution is 2.67. The van der Waals surface area contributed by atoms with Crippen LogP contribution in [-0.2, 0) is 14.3 Å².